The van der Waals surface area contributed by atoms with E-state index in [0.29, 0.717) is 30.3 Å². The van der Waals surface area contributed by atoms with Gasteiger partial charge in [-0.1, -0.05) is 54.1 Å². The molecule has 0 spiro atoms. The summed E-state index contributed by atoms with van der Waals surface area (Å²) in [5.74, 6) is 0.307. The first kappa shape index (κ1) is 22.9. The Bertz CT molecular complexity index is 1250. The highest BCUT2D eigenvalue weighted by atomic mass is 35.5. The number of sulfonamides is 1. The highest BCUT2D eigenvalue weighted by molar-refractivity contribution is 7.92. The van der Waals surface area contributed by atoms with E-state index in [9.17, 15) is 13.2 Å². The Kier molecular flexibility index (Phi) is 6.76. The van der Waals surface area contributed by atoms with Crippen molar-refractivity contribution < 1.29 is 22.7 Å². The van der Waals surface area contributed by atoms with Crippen LogP contribution in [0.4, 0.5) is 5.69 Å². The lowest BCUT2D eigenvalue weighted by Gasteiger charge is -2.34. The van der Waals surface area contributed by atoms with Crippen molar-refractivity contribution in [3.8, 4) is 11.5 Å². The molecule has 0 aromatic heterocycles. The number of carbonyl (C=O) groups excluding carboxylic acids is 1. The van der Waals surface area contributed by atoms with Crippen LogP contribution >= 0.6 is 11.6 Å². The van der Waals surface area contributed by atoms with E-state index in [2.05, 4.69) is 5.32 Å². The Morgan fingerprint density at radius 2 is 1.85 bits per heavy atom. The largest absolute Gasteiger partial charge is 0.492 e. The topological polar surface area (TPSA) is 84.9 Å². The van der Waals surface area contributed by atoms with Crippen LogP contribution in [0.3, 0.4) is 0 Å². The summed E-state index contributed by atoms with van der Waals surface area (Å²) in [4.78, 5) is 12.9. The number of fused-ring (bicyclic) bond motifs is 1. The fraction of sp³-hybridized carbons (Fsp3) is 0.208. The molecule has 172 valence electrons. The van der Waals surface area contributed by atoms with Crippen LogP contribution in [-0.2, 0) is 21.4 Å². The highest BCUT2D eigenvalue weighted by Crippen LogP contribution is 2.38. The molecule has 1 heterocycles. The van der Waals surface area contributed by atoms with Crippen molar-refractivity contribution in [3.63, 3.8) is 0 Å². The summed E-state index contributed by atoms with van der Waals surface area (Å²) in [7, 11) is -4.03. The molecular weight excluding hydrogens is 464 g/mol. The molecule has 0 fully saturated rings. The number of rotatable bonds is 7. The van der Waals surface area contributed by atoms with Gasteiger partial charge in [0.2, 0.25) is 0 Å². The fourth-order valence-electron chi connectivity index (χ4n) is 3.51. The third-order valence-corrected chi connectivity index (χ3v) is 7.20. The van der Waals surface area contributed by atoms with Gasteiger partial charge in [-0.2, -0.15) is 0 Å². The normalized spacial score (nSPS) is 15.3. The zero-order valence-corrected chi connectivity index (χ0v) is 19.5. The van der Waals surface area contributed by atoms with Gasteiger partial charge in [-0.05, 0) is 42.8 Å². The Morgan fingerprint density at radius 1 is 1.12 bits per heavy atom. The second kappa shape index (κ2) is 9.72. The molecule has 0 saturated heterocycles. The van der Waals surface area contributed by atoms with Crippen LogP contribution in [0.2, 0.25) is 5.02 Å². The summed E-state index contributed by atoms with van der Waals surface area (Å²) in [5.41, 5.74) is 1.28. The standard InChI is InChI=1S/C24H23ClN2O5S/c1-2-31-21-13-12-18(14-19(21)25)33(29,30)27-16-23(32-22-11-7-6-10-20(22)27)24(28)26-15-17-8-4-3-5-9-17/h3-14,23H,2,15-16H2,1H3,(H,26,28)/t23-/m1/s1. The molecule has 0 unspecified atom stereocenters. The van der Waals surface area contributed by atoms with Gasteiger partial charge in [0.25, 0.3) is 15.9 Å². The van der Waals surface area contributed by atoms with Crippen LogP contribution in [-0.4, -0.2) is 33.6 Å². The predicted molar refractivity (Wildman–Crippen MR) is 126 cm³/mol. The number of ether oxygens (including phenoxy) is 2. The van der Waals surface area contributed by atoms with E-state index in [0.717, 1.165) is 5.56 Å². The van der Waals surface area contributed by atoms with Crippen LogP contribution < -0.4 is 19.1 Å². The fourth-order valence-corrected chi connectivity index (χ4v) is 5.31. The first-order valence-corrected chi connectivity index (χ1v) is 12.2. The Labute approximate surface area is 197 Å². The van der Waals surface area contributed by atoms with Gasteiger partial charge in [0.1, 0.15) is 11.5 Å². The average molecular weight is 487 g/mol. The molecule has 0 bridgehead atoms. The first-order valence-electron chi connectivity index (χ1n) is 10.4. The maximum atomic E-state index is 13.6. The zero-order chi connectivity index (χ0) is 23.4. The molecule has 9 heteroatoms. The second-order valence-corrected chi connectivity index (χ2v) is 9.61. The number of para-hydroxylation sites is 2. The SMILES string of the molecule is CCOc1ccc(S(=O)(=O)N2C[C@H](C(=O)NCc3ccccc3)Oc3ccccc32)cc1Cl. The van der Waals surface area contributed by atoms with Gasteiger partial charge in [0.15, 0.2) is 6.10 Å². The van der Waals surface area contributed by atoms with E-state index in [4.69, 9.17) is 21.1 Å². The summed E-state index contributed by atoms with van der Waals surface area (Å²) in [6.07, 6.45) is -1.02. The molecule has 0 saturated carbocycles. The van der Waals surface area contributed by atoms with Gasteiger partial charge in [0.05, 0.1) is 28.8 Å². The van der Waals surface area contributed by atoms with Gasteiger partial charge in [0, 0.05) is 6.54 Å². The Morgan fingerprint density at radius 3 is 2.58 bits per heavy atom. The van der Waals surface area contributed by atoms with E-state index in [1.54, 1.807) is 24.3 Å². The molecule has 7 nitrogen and oxygen atoms in total. The maximum absolute atomic E-state index is 13.6. The van der Waals surface area contributed by atoms with E-state index >= 15 is 0 Å². The van der Waals surface area contributed by atoms with E-state index in [1.165, 1.54) is 22.5 Å². The number of amides is 1. The third kappa shape index (κ3) is 4.91. The summed E-state index contributed by atoms with van der Waals surface area (Å²) < 4.78 is 39.6. The van der Waals surface area contributed by atoms with Gasteiger partial charge in [-0.3, -0.25) is 9.10 Å². The average Bonchev–Trinajstić information content (AvgIpc) is 2.83. The number of nitrogens with one attached hydrogen (secondary N) is 1. The molecule has 1 aliphatic heterocycles. The first-order chi connectivity index (χ1) is 15.9. The minimum Gasteiger partial charge on any atom is -0.492 e. The zero-order valence-electron chi connectivity index (χ0n) is 17.9. The number of carbonyl (C=O) groups is 1. The van der Waals surface area contributed by atoms with Crippen LogP contribution in [0.25, 0.3) is 0 Å². The molecule has 1 amide bonds. The van der Waals surface area contributed by atoms with Crippen molar-refractivity contribution in [2.75, 3.05) is 17.5 Å². The summed E-state index contributed by atoms with van der Waals surface area (Å²) >= 11 is 6.24. The molecule has 1 aliphatic rings. The quantitative estimate of drug-likeness (QED) is 0.545. The van der Waals surface area contributed by atoms with E-state index in [1.807, 2.05) is 37.3 Å². The molecule has 0 radical (unpaired) electrons. The monoisotopic (exact) mass is 486 g/mol. The van der Waals surface area contributed by atoms with Crippen LogP contribution in [0.1, 0.15) is 12.5 Å². The Hall–Kier alpha value is -3.23. The molecule has 0 aliphatic carbocycles. The van der Waals surface area contributed by atoms with Gasteiger partial charge in [-0.15, -0.1) is 0 Å². The van der Waals surface area contributed by atoms with Crippen molar-refractivity contribution >= 4 is 33.2 Å². The number of hydrogen-bond acceptors (Lipinski definition) is 5. The van der Waals surface area contributed by atoms with E-state index in [-0.39, 0.29) is 16.5 Å². The number of anilines is 1. The van der Waals surface area contributed by atoms with Gasteiger partial charge >= 0.3 is 0 Å². The smallest absolute Gasteiger partial charge is 0.264 e. The summed E-state index contributed by atoms with van der Waals surface area (Å²) in [6.45, 7) is 2.35. The molecule has 33 heavy (non-hydrogen) atoms. The lowest BCUT2D eigenvalue weighted by molar-refractivity contribution is -0.127. The Balaban J connectivity index is 1.61. The van der Waals surface area contributed by atoms with Crippen LogP contribution in [0.15, 0.2) is 77.7 Å². The molecule has 1 atom stereocenters. The highest BCUT2D eigenvalue weighted by Gasteiger charge is 2.37. The third-order valence-electron chi connectivity index (χ3n) is 5.13. The predicted octanol–water partition coefficient (Wildman–Crippen LogP) is 4.01. The summed E-state index contributed by atoms with van der Waals surface area (Å²) in [6, 6.07) is 20.5. The van der Waals surface area contributed by atoms with E-state index < -0.39 is 22.0 Å². The number of halogens is 1. The van der Waals surface area contributed by atoms with Crippen molar-refractivity contribution in [3.05, 3.63) is 83.4 Å². The van der Waals surface area contributed by atoms with Crippen molar-refractivity contribution in [1.82, 2.24) is 5.32 Å². The maximum Gasteiger partial charge on any atom is 0.264 e. The van der Waals surface area contributed by atoms with Crippen molar-refractivity contribution in [2.24, 2.45) is 0 Å². The molecule has 3 aromatic carbocycles. The lowest BCUT2D eigenvalue weighted by Crippen LogP contribution is -2.50. The second-order valence-electron chi connectivity index (χ2n) is 7.34. The van der Waals surface area contributed by atoms with Crippen LogP contribution in [0, 0.1) is 0 Å². The number of benzene rings is 3. The van der Waals surface area contributed by atoms with Crippen molar-refractivity contribution in [1.29, 1.82) is 0 Å². The molecule has 1 N–H and O–H groups in total. The number of nitrogens with zero attached hydrogens (tertiary/aromatic N) is 1. The lowest BCUT2D eigenvalue weighted by atomic mass is 10.2. The van der Waals surface area contributed by atoms with Gasteiger partial charge < -0.3 is 14.8 Å². The van der Waals surface area contributed by atoms with Crippen LogP contribution in [0.5, 0.6) is 11.5 Å². The van der Waals surface area contributed by atoms with Gasteiger partial charge in [-0.25, -0.2) is 8.42 Å². The van der Waals surface area contributed by atoms with Crippen molar-refractivity contribution in [2.45, 2.75) is 24.5 Å². The molecule has 3 aromatic rings. The molecular formula is C24H23ClN2O5S. The minimum absolute atomic E-state index is 0.00361. The number of hydrogen-bond donors (Lipinski definition) is 1. The molecule has 4 rings (SSSR count). The summed E-state index contributed by atoms with van der Waals surface area (Å²) in [5, 5.41) is 3.01. The minimum atomic E-state index is -4.03.